The number of halogens is 3. The fourth-order valence-electron chi connectivity index (χ4n) is 1.56. The summed E-state index contributed by atoms with van der Waals surface area (Å²) in [6, 6.07) is -2.72. The first-order chi connectivity index (χ1) is 9.07. The Morgan fingerprint density at radius 1 is 1.30 bits per heavy atom. The lowest BCUT2D eigenvalue weighted by Gasteiger charge is -2.22. The number of carboxylic acids is 1. The van der Waals surface area contributed by atoms with Gasteiger partial charge in [-0.15, -0.1) is 0 Å². The van der Waals surface area contributed by atoms with Crippen LogP contribution in [0.5, 0.6) is 0 Å². The molecule has 114 valence electrons. The second-order valence-electron chi connectivity index (χ2n) is 4.57. The number of primary amides is 1. The maximum atomic E-state index is 12.6. The third-order valence-electron chi connectivity index (χ3n) is 2.93. The fraction of sp³-hybridized carbons (Fsp3) is 0.700. The van der Waals surface area contributed by atoms with Crippen LogP contribution in [0.4, 0.5) is 18.0 Å². The summed E-state index contributed by atoms with van der Waals surface area (Å²) in [6.07, 6.45) is -5.68. The predicted molar refractivity (Wildman–Crippen MR) is 59.5 cm³/mol. The molecule has 1 rings (SSSR count). The highest BCUT2D eigenvalue weighted by atomic mass is 19.4. The number of rotatable bonds is 6. The van der Waals surface area contributed by atoms with Gasteiger partial charge < -0.3 is 21.5 Å². The van der Waals surface area contributed by atoms with E-state index in [4.69, 9.17) is 10.8 Å². The molecule has 0 aromatic carbocycles. The zero-order valence-electron chi connectivity index (χ0n) is 10.3. The topological polar surface area (TPSA) is 122 Å². The molecule has 0 saturated heterocycles. The molecule has 0 spiro atoms. The van der Waals surface area contributed by atoms with Crippen LogP contribution in [0.25, 0.3) is 0 Å². The monoisotopic (exact) mass is 297 g/mol. The Balaban J connectivity index is 2.55. The van der Waals surface area contributed by atoms with Crippen LogP contribution in [0.2, 0.25) is 0 Å². The fourth-order valence-corrected chi connectivity index (χ4v) is 1.56. The van der Waals surface area contributed by atoms with Crippen LogP contribution in [-0.4, -0.2) is 40.8 Å². The number of hydrogen-bond acceptors (Lipinski definition) is 3. The van der Waals surface area contributed by atoms with Gasteiger partial charge in [0.15, 0.2) is 0 Å². The van der Waals surface area contributed by atoms with E-state index < -0.39 is 35.7 Å². The van der Waals surface area contributed by atoms with E-state index in [0.717, 1.165) is 0 Å². The number of amides is 3. The maximum Gasteiger partial charge on any atom is 0.411 e. The number of carbonyl (C=O) groups excluding carboxylic acids is 2. The van der Waals surface area contributed by atoms with Gasteiger partial charge in [-0.1, -0.05) is 0 Å². The van der Waals surface area contributed by atoms with Gasteiger partial charge in [0.2, 0.25) is 5.91 Å². The maximum absolute atomic E-state index is 12.6. The molecule has 7 nitrogen and oxygen atoms in total. The Labute approximate surface area is 111 Å². The van der Waals surface area contributed by atoms with Gasteiger partial charge in [-0.3, -0.25) is 4.79 Å². The largest absolute Gasteiger partial charge is 0.480 e. The van der Waals surface area contributed by atoms with Gasteiger partial charge in [0.1, 0.15) is 11.6 Å². The highest BCUT2D eigenvalue weighted by Crippen LogP contribution is 2.48. The number of carboxylic acid groups (broad SMARTS) is 1. The zero-order valence-corrected chi connectivity index (χ0v) is 10.3. The van der Waals surface area contributed by atoms with E-state index in [1.54, 1.807) is 5.32 Å². The highest BCUT2D eigenvalue weighted by molar-refractivity contribution is 5.84. The van der Waals surface area contributed by atoms with Crippen molar-refractivity contribution >= 4 is 17.9 Å². The Morgan fingerprint density at radius 2 is 1.85 bits per heavy atom. The Kier molecular flexibility index (Phi) is 4.46. The number of nitrogens with two attached hydrogens (primary N) is 1. The summed E-state index contributed by atoms with van der Waals surface area (Å²) in [7, 11) is 0. The van der Waals surface area contributed by atoms with Crippen molar-refractivity contribution in [2.75, 3.05) is 0 Å². The first-order valence-electron chi connectivity index (χ1n) is 5.74. The molecule has 3 amide bonds. The van der Waals surface area contributed by atoms with Crippen molar-refractivity contribution in [3.05, 3.63) is 0 Å². The molecule has 0 aromatic rings. The van der Waals surface area contributed by atoms with E-state index in [1.807, 2.05) is 5.32 Å². The molecule has 0 unspecified atom stereocenters. The number of hydrogen-bond donors (Lipinski definition) is 4. The first-order valence-corrected chi connectivity index (χ1v) is 5.74. The van der Waals surface area contributed by atoms with Crippen LogP contribution in [0.3, 0.4) is 0 Å². The Morgan fingerprint density at radius 3 is 2.20 bits per heavy atom. The lowest BCUT2D eigenvalue weighted by Crippen LogP contribution is -2.54. The van der Waals surface area contributed by atoms with Crippen molar-refractivity contribution in [1.82, 2.24) is 10.6 Å². The molecule has 0 aliphatic heterocycles. The van der Waals surface area contributed by atoms with Crippen LogP contribution >= 0.6 is 0 Å². The van der Waals surface area contributed by atoms with Gasteiger partial charge in [0, 0.05) is 6.42 Å². The van der Waals surface area contributed by atoms with Gasteiger partial charge in [0.25, 0.3) is 0 Å². The molecule has 5 N–H and O–H groups in total. The molecule has 0 bridgehead atoms. The summed E-state index contributed by atoms with van der Waals surface area (Å²) in [4.78, 5) is 32.7. The Hall–Kier alpha value is -2.00. The SMILES string of the molecule is NC(=O)CC[C@H](NC(=O)NC1(C(F)(F)F)CC1)C(=O)O. The molecule has 0 radical (unpaired) electrons. The Bertz CT molecular complexity index is 420. The minimum Gasteiger partial charge on any atom is -0.480 e. The molecule has 20 heavy (non-hydrogen) atoms. The van der Waals surface area contributed by atoms with Gasteiger partial charge in [-0.05, 0) is 19.3 Å². The molecule has 0 heterocycles. The quantitative estimate of drug-likeness (QED) is 0.555. The molecule has 1 aliphatic rings. The number of aliphatic carboxylic acids is 1. The molecule has 0 aromatic heterocycles. The number of urea groups is 1. The standard InChI is InChI=1S/C10H14F3N3O4/c11-10(12,13)9(3-4-9)16-8(20)15-5(7(18)19)1-2-6(14)17/h5H,1-4H2,(H2,14,17)(H,18,19)(H2,15,16,20)/t5-/m0/s1. The van der Waals surface area contributed by atoms with E-state index in [2.05, 4.69) is 0 Å². The van der Waals surface area contributed by atoms with Crippen LogP contribution < -0.4 is 16.4 Å². The highest BCUT2D eigenvalue weighted by Gasteiger charge is 2.64. The lowest BCUT2D eigenvalue weighted by molar-refractivity contribution is -0.162. The van der Waals surface area contributed by atoms with Crippen molar-refractivity contribution in [2.24, 2.45) is 5.73 Å². The second-order valence-corrected chi connectivity index (χ2v) is 4.57. The number of nitrogens with one attached hydrogen (secondary N) is 2. The van der Waals surface area contributed by atoms with Crippen molar-refractivity contribution in [2.45, 2.75) is 43.4 Å². The van der Waals surface area contributed by atoms with E-state index in [1.165, 1.54) is 0 Å². The van der Waals surface area contributed by atoms with Crippen molar-refractivity contribution in [1.29, 1.82) is 0 Å². The minimum atomic E-state index is -4.59. The molecule has 1 fully saturated rings. The molecule has 1 atom stereocenters. The van der Waals surface area contributed by atoms with Gasteiger partial charge in [-0.25, -0.2) is 9.59 Å². The first kappa shape index (κ1) is 16.1. The predicted octanol–water partition coefficient (Wildman–Crippen LogP) is 0.0992. The molecular weight excluding hydrogens is 283 g/mol. The normalized spacial score (nSPS) is 17.9. The minimum absolute atomic E-state index is 0.247. The number of alkyl halides is 3. The average Bonchev–Trinajstić information content (AvgIpc) is 3.03. The molecule has 1 saturated carbocycles. The average molecular weight is 297 g/mol. The lowest BCUT2D eigenvalue weighted by atomic mass is 10.1. The molecular formula is C10H14F3N3O4. The van der Waals surface area contributed by atoms with Crippen molar-refractivity contribution < 1.29 is 32.7 Å². The van der Waals surface area contributed by atoms with E-state index >= 15 is 0 Å². The van der Waals surface area contributed by atoms with Crippen molar-refractivity contribution in [3.63, 3.8) is 0 Å². The van der Waals surface area contributed by atoms with Gasteiger partial charge in [0.05, 0.1) is 0 Å². The summed E-state index contributed by atoms with van der Waals surface area (Å²) in [5, 5.41) is 12.4. The van der Waals surface area contributed by atoms with Gasteiger partial charge in [-0.2, -0.15) is 13.2 Å². The summed E-state index contributed by atoms with van der Waals surface area (Å²) >= 11 is 0. The van der Waals surface area contributed by atoms with E-state index in [9.17, 15) is 27.6 Å². The number of carbonyl (C=O) groups is 3. The summed E-state index contributed by atoms with van der Waals surface area (Å²) < 4.78 is 37.8. The van der Waals surface area contributed by atoms with Gasteiger partial charge >= 0.3 is 18.2 Å². The van der Waals surface area contributed by atoms with Crippen molar-refractivity contribution in [3.8, 4) is 0 Å². The van der Waals surface area contributed by atoms with Crippen LogP contribution in [0.1, 0.15) is 25.7 Å². The second kappa shape index (κ2) is 5.55. The van der Waals surface area contributed by atoms with Crippen LogP contribution in [0.15, 0.2) is 0 Å². The van der Waals surface area contributed by atoms with Crippen LogP contribution in [-0.2, 0) is 9.59 Å². The van der Waals surface area contributed by atoms with Crippen LogP contribution in [0, 0.1) is 0 Å². The summed E-state index contributed by atoms with van der Waals surface area (Å²) in [5.41, 5.74) is 2.56. The smallest absolute Gasteiger partial charge is 0.411 e. The third kappa shape index (κ3) is 4.00. The summed E-state index contributed by atoms with van der Waals surface area (Å²) in [5.74, 6) is -2.23. The molecule has 10 heteroatoms. The summed E-state index contributed by atoms with van der Waals surface area (Å²) in [6.45, 7) is 0. The third-order valence-corrected chi connectivity index (χ3v) is 2.93. The van der Waals surface area contributed by atoms with E-state index in [-0.39, 0.29) is 25.7 Å². The zero-order chi connectivity index (χ0) is 15.6. The molecule has 1 aliphatic carbocycles. The van der Waals surface area contributed by atoms with E-state index in [0.29, 0.717) is 0 Å².